The molecule has 0 aromatic heterocycles. The molecule has 2 N–H and O–H groups in total. The van der Waals surface area contributed by atoms with Gasteiger partial charge in [-0.2, -0.15) is 0 Å². The molecule has 0 bridgehead atoms. The Morgan fingerprint density at radius 3 is 2.42 bits per heavy atom. The summed E-state index contributed by atoms with van der Waals surface area (Å²) >= 11 is 0. The minimum absolute atomic E-state index is 0. The summed E-state index contributed by atoms with van der Waals surface area (Å²) in [5.41, 5.74) is 5.41. The van der Waals surface area contributed by atoms with Gasteiger partial charge in [0, 0.05) is 12.0 Å². The molecular weight excluding hydrogens is 182 g/mol. The molecule has 0 saturated heterocycles. The first kappa shape index (κ1) is 11.4. The first-order valence-electron chi connectivity index (χ1n) is 3.50. The number of hydrogen-bond acceptors (Lipinski definition) is 4. The molecule has 5 heteroatoms. The van der Waals surface area contributed by atoms with Crippen molar-refractivity contribution in [2.24, 2.45) is 11.7 Å². The second kappa shape index (κ2) is 4.42. The van der Waals surface area contributed by atoms with Gasteiger partial charge in [0.05, 0.1) is 7.11 Å². The second-order valence-electron chi connectivity index (χ2n) is 2.73. The standard InChI is InChI=1S/C7H11NO3.ClH/c1-11-7(10)3-6(9)4-2-5(4)8;/h4-5H,2-3,8H2,1H3;1H. The number of hydrogen-bond donors (Lipinski definition) is 1. The number of ketones is 1. The van der Waals surface area contributed by atoms with Gasteiger partial charge in [-0.15, -0.1) is 12.4 Å². The number of nitrogens with two attached hydrogens (primary N) is 1. The first-order chi connectivity index (χ1) is 5.15. The van der Waals surface area contributed by atoms with Gasteiger partial charge in [0.1, 0.15) is 12.2 Å². The van der Waals surface area contributed by atoms with Crippen molar-refractivity contribution in [3.63, 3.8) is 0 Å². The zero-order valence-corrected chi connectivity index (χ0v) is 7.60. The lowest BCUT2D eigenvalue weighted by atomic mass is 10.2. The lowest BCUT2D eigenvalue weighted by molar-refractivity contribution is -0.143. The first-order valence-corrected chi connectivity index (χ1v) is 3.50. The van der Waals surface area contributed by atoms with Gasteiger partial charge in [0.2, 0.25) is 0 Å². The van der Waals surface area contributed by atoms with E-state index in [-0.39, 0.29) is 36.6 Å². The molecule has 1 aliphatic rings. The van der Waals surface area contributed by atoms with Crippen molar-refractivity contribution in [3.8, 4) is 0 Å². The van der Waals surface area contributed by atoms with Gasteiger partial charge in [-0.1, -0.05) is 0 Å². The van der Waals surface area contributed by atoms with E-state index in [0.29, 0.717) is 0 Å². The van der Waals surface area contributed by atoms with Crippen LogP contribution in [0.4, 0.5) is 0 Å². The van der Waals surface area contributed by atoms with E-state index in [2.05, 4.69) is 4.74 Å². The monoisotopic (exact) mass is 193 g/mol. The van der Waals surface area contributed by atoms with Crippen molar-refractivity contribution >= 4 is 24.2 Å². The van der Waals surface area contributed by atoms with Crippen LogP contribution in [0, 0.1) is 5.92 Å². The SMILES string of the molecule is COC(=O)CC(=O)C1CC1N.Cl. The molecule has 0 spiro atoms. The Labute approximate surface area is 76.9 Å². The Balaban J connectivity index is 0.00000121. The summed E-state index contributed by atoms with van der Waals surface area (Å²) in [4.78, 5) is 21.6. The van der Waals surface area contributed by atoms with Crippen molar-refractivity contribution in [2.45, 2.75) is 18.9 Å². The van der Waals surface area contributed by atoms with Crippen LogP contribution in [-0.2, 0) is 14.3 Å². The molecule has 2 unspecified atom stereocenters. The maximum Gasteiger partial charge on any atom is 0.313 e. The Bertz CT molecular complexity index is 195. The van der Waals surface area contributed by atoms with Gasteiger partial charge in [-0.25, -0.2) is 0 Å². The molecule has 2 atom stereocenters. The molecule has 0 radical (unpaired) electrons. The van der Waals surface area contributed by atoms with Crippen LogP contribution in [0.25, 0.3) is 0 Å². The Morgan fingerprint density at radius 2 is 2.08 bits per heavy atom. The van der Waals surface area contributed by atoms with Crippen molar-refractivity contribution in [1.82, 2.24) is 0 Å². The summed E-state index contributed by atoms with van der Waals surface area (Å²) in [6.45, 7) is 0. The lowest BCUT2D eigenvalue weighted by Crippen LogP contribution is -2.15. The van der Waals surface area contributed by atoms with E-state index < -0.39 is 5.97 Å². The third kappa shape index (κ3) is 2.79. The van der Waals surface area contributed by atoms with Crippen LogP contribution in [-0.4, -0.2) is 24.9 Å². The van der Waals surface area contributed by atoms with Crippen LogP contribution in [0.2, 0.25) is 0 Å². The smallest absolute Gasteiger partial charge is 0.313 e. The van der Waals surface area contributed by atoms with Gasteiger partial charge in [-0.3, -0.25) is 9.59 Å². The topological polar surface area (TPSA) is 69.4 Å². The molecule has 1 rings (SSSR count). The highest BCUT2D eigenvalue weighted by Crippen LogP contribution is 2.29. The summed E-state index contributed by atoms with van der Waals surface area (Å²) in [5.74, 6) is -0.660. The number of methoxy groups -OCH3 is 1. The number of rotatable bonds is 3. The van der Waals surface area contributed by atoms with E-state index in [4.69, 9.17) is 5.73 Å². The highest BCUT2D eigenvalue weighted by atomic mass is 35.5. The quantitative estimate of drug-likeness (QED) is 0.502. The summed E-state index contributed by atoms with van der Waals surface area (Å²) in [6.07, 6.45) is 0.588. The van der Waals surface area contributed by atoms with Gasteiger partial charge >= 0.3 is 5.97 Å². The fraction of sp³-hybridized carbons (Fsp3) is 0.714. The van der Waals surface area contributed by atoms with Crippen LogP contribution >= 0.6 is 12.4 Å². The third-order valence-electron chi connectivity index (χ3n) is 1.80. The zero-order valence-electron chi connectivity index (χ0n) is 6.78. The summed E-state index contributed by atoms with van der Waals surface area (Å²) < 4.78 is 4.33. The fourth-order valence-corrected chi connectivity index (χ4v) is 0.930. The molecule has 1 saturated carbocycles. The van der Waals surface area contributed by atoms with Crippen LogP contribution in [0.3, 0.4) is 0 Å². The molecule has 1 aliphatic carbocycles. The highest BCUT2D eigenvalue weighted by molar-refractivity contribution is 5.98. The Morgan fingerprint density at radius 1 is 1.58 bits per heavy atom. The van der Waals surface area contributed by atoms with Crippen molar-refractivity contribution in [3.05, 3.63) is 0 Å². The Kier molecular flexibility index (Phi) is 4.20. The van der Waals surface area contributed by atoms with E-state index in [1.54, 1.807) is 0 Å². The van der Waals surface area contributed by atoms with E-state index in [1.165, 1.54) is 7.11 Å². The highest BCUT2D eigenvalue weighted by Gasteiger charge is 2.40. The molecule has 70 valence electrons. The largest absolute Gasteiger partial charge is 0.469 e. The number of carbonyl (C=O) groups excluding carboxylic acids is 2. The minimum atomic E-state index is -0.478. The van der Waals surface area contributed by atoms with Crippen molar-refractivity contribution in [1.29, 1.82) is 0 Å². The van der Waals surface area contributed by atoms with Crippen molar-refractivity contribution < 1.29 is 14.3 Å². The third-order valence-corrected chi connectivity index (χ3v) is 1.80. The predicted octanol–water partition coefficient (Wildman–Crippen LogP) is -0.112. The molecule has 0 heterocycles. The van der Waals surface area contributed by atoms with Crippen LogP contribution in [0.5, 0.6) is 0 Å². The number of Topliss-reactive ketones (excluding diaryl/α,β-unsaturated/α-hetero) is 1. The summed E-state index contributed by atoms with van der Waals surface area (Å²) in [6, 6.07) is -0.0212. The Hall–Kier alpha value is -0.610. The van der Waals surface area contributed by atoms with Crippen molar-refractivity contribution in [2.75, 3.05) is 7.11 Å². The molecule has 0 amide bonds. The average Bonchev–Trinajstić information content (AvgIpc) is 2.66. The number of halogens is 1. The van der Waals surface area contributed by atoms with E-state index >= 15 is 0 Å². The predicted molar refractivity (Wildman–Crippen MR) is 45.0 cm³/mol. The average molecular weight is 194 g/mol. The van der Waals surface area contributed by atoms with E-state index in [9.17, 15) is 9.59 Å². The zero-order chi connectivity index (χ0) is 8.43. The maximum absolute atomic E-state index is 11.0. The maximum atomic E-state index is 11.0. The van der Waals surface area contributed by atoms with Crippen LogP contribution in [0.1, 0.15) is 12.8 Å². The molecule has 1 fully saturated rings. The van der Waals surface area contributed by atoms with Crippen LogP contribution in [0.15, 0.2) is 0 Å². The van der Waals surface area contributed by atoms with Gasteiger partial charge in [0.25, 0.3) is 0 Å². The molecule has 0 aromatic carbocycles. The van der Waals surface area contributed by atoms with Gasteiger partial charge < -0.3 is 10.5 Å². The number of carbonyl (C=O) groups is 2. The molecule has 4 nitrogen and oxygen atoms in total. The minimum Gasteiger partial charge on any atom is -0.469 e. The van der Waals surface area contributed by atoms with Gasteiger partial charge in [-0.05, 0) is 6.42 Å². The van der Waals surface area contributed by atoms with Crippen LogP contribution < -0.4 is 5.73 Å². The van der Waals surface area contributed by atoms with E-state index in [1.807, 2.05) is 0 Å². The van der Waals surface area contributed by atoms with E-state index in [0.717, 1.165) is 6.42 Å². The summed E-state index contributed by atoms with van der Waals surface area (Å²) in [7, 11) is 1.27. The number of esters is 1. The number of ether oxygens (including phenoxy) is 1. The molecule has 0 aliphatic heterocycles. The second-order valence-corrected chi connectivity index (χ2v) is 2.73. The van der Waals surface area contributed by atoms with Gasteiger partial charge in [0.15, 0.2) is 0 Å². The summed E-state index contributed by atoms with van der Waals surface area (Å²) in [5, 5.41) is 0. The molecular formula is C7H12ClNO3. The molecule has 12 heavy (non-hydrogen) atoms. The fourth-order valence-electron chi connectivity index (χ4n) is 0.930. The lowest BCUT2D eigenvalue weighted by Gasteiger charge is -1.96. The molecule has 0 aromatic rings. The normalized spacial score (nSPS) is 25.5.